The van der Waals surface area contributed by atoms with E-state index in [2.05, 4.69) is 10.3 Å². The van der Waals surface area contributed by atoms with E-state index in [-0.39, 0.29) is 12.5 Å². The Morgan fingerprint density at radius 1 is 1.50 bits per heavy atom. The number of hydrogen-bond acceptors (Lipinski definition) is 4. The first-order chi connectivity index (χ1) is 9.54. The summed E-state index contributed by atoms with van der Waals surface area (Å²) in [4.78, 5) is 16.2. The van der Waals surface area contributed by atoms with Crippen molar-refractivity contribution in [1.29, 1.82) is 0 Å². The molecule has 0 bridgehead atoms. The minimum atomic E-state index is -0.513. The van der Waals surface area contributed by atoms with E-state index >= 15 is 0 Å². The third-order valence-corrected chi connectivity index (χ3v) is 2.69. The van der Waals surface area contributed by atoms with Gasteiger partial charge in [-0.1, -0.05) is 27.2 Å². The molecule has 1 heterocycles. The van der Waals surface area contributed by atoms with E-state index in [0.717, 1.165) is 6.42 Å². The Morgan fingerprint density at radius 2 is 2.25 bits per heavy atom. The quantitative estimate of drug-likeness (QED) is 0.764. The standard InChI is InChI=1S/C15H24N2O3/c1-4-6-12(18)9-17-14(19)13-7-5-8-16-15(13)20-10-11(2)3/h5,7-8,11-12,18H,4,6,9-10H2,1-3H3,(H,17,19). The molecule has 1 amide bonds. The largest absolute Gasteiger partial charge is 0.477 e. The molecule has 1 rings (SSSR count). The number of rotatable bonds is 8. The summed E-state index contributed by atoms with van der Waals surface area (Å²) in [5.74, 6) is 0.426. The van der Waals surface area contributed by atoms with E-state index in [4.69, 9.17) is 4.74 Å². The highest BCUT2D eigenvalue weighted by atomic mass is 16.5. The van der Waals surface area contributed by atoms with Crippen molar-refractivity contribution in [3.63, 3.8) is 0 Å². The molecule has 5 heteroatoms. The maximum atomic E-state index is 12.1. The molecule has 0 aliphatic heterocycles. The molecule has 1 unspecified atom stereocenters. The fraction of sp³-hybridized carbons (Fsp3) is 0.600. The molecule has 1 aromatic rings. The van der Waals surface area contributed by atoms with Crippen LogP contribution in [0, 0.1) is 5.92 Å². The normalized spacial score (nSPS) is 12.2. The van der Waals surface area contributed by atoms with Crippen LogP contribution in [0.5, 0.6) is 5.88 Å². The Hall–Kier alpha value is -1.62. The number of aliphatic hydroxyl groups excluding tert-OH is 1. The third kappa shape index (κ3) is 5.57. The molecule has 5 nitrogen and oxygen atoms in total. The minimum Gasteiger partial charge on any atom is -0.477 e. The van der Waals surface area contributed by atoms with Crippen LogP contribution in [0.15, 0.2) is 18.3 Å². The van der Waals surface area contributed by atoms with Gasteiger partial charge in [-0.05, 0) is 24.5 Å². The highest BCUT2D eigenvalue weighted by Crippen LogP contribution is 2.15. The molecule has 1 atom stereocenters. The molecule has 1 aromatic heterocycles. The summed E-state index contributed by atoms with van der Waals surface area (Å²) < 4.78 is 5.54. The highest BCUT2D eigenvalue weighted by Gasteiger charge is 2.14. The number of nitrogens with zero attached hydrogens (tertiary/aromatic N) is 1. The molecule has 112 valence electrons. The Morgan fingerprint density at radius 3 is 2.90 bits per heavy atom. The van der Waals surface area contributed by atoms with Crippen LogP contribution in [0.3, 0.4) is 0 Å². The van der Waals surface area contributed by atoms with Crippen molar-refractivity contribution in [3.05, 3.63) is 23.9 Å². The first-order valence-electron chi connectivity index (χ1n) is 7.08. The molecule has 0 saturated heterocycles. The van der Waals surface area contributed by atoms with Crippen molar-refractivity contribution in [3.8, 4) is 5.88 Å². The maximum absolute atomic E-state index is 12.1. The highest BCUT2D eigenvalue weighted by molar-refractivity contribution is 5.96. The minimum absolute atomic E-state index is 0.241. The summed E-state index contributed by atoms with van der Waals surface area (Å²) in [5.41, 5.74) is 0.400. The lowest BCUT2D eigenvalue weighted by molar-refractivity contribution is 0.0904. The van der Waals surface area contributed by atoms with Gasteiger partial charge in [0.25, 0.3) is 5.91 Å². The SMILES string of the molecule is CCCC(O)CNC(=O)c1cccnc1OCC(C)C. The Balaban J connectivity index is 2.62. The zero-order valence-electron chi connectivity index (χ0n) is 12.4. The Kier molecular flexibility index (Phi) is 7.01. The molecular weight excluding hydrogens is 256 g/mol. The van der Waals surface area contributed by atoms with Crippen LogP contribution in [-0.2, 0) is 0 Å². The van der Waals surface area contributed by atoms with Crippen molar-refractivity contribution in [2.24, 2.45) is 5.92 Å². The second-order valence-electron chi connectivity index (χ2n) is 5.21. The smallest absolute Gasteiger partial charge is 0.256 e. The van der Waals surface area contributed by atoms with Gasteiger partial charge < -0.3 is 15.2 Å². The van der Waals surface area contributed by atoms with E-state index in [1.54, 1.807) is 18.3 Å². The van der Waals surface area contributed by atoms with Crippen molar-refractivity contribution < 1.29 is 14.6 Å². The molecule has 2 N–H and O–H groups in total. The second-order valence-corrected chi connectivity index (χ2v) is 5.21. The molecule has 0 aliphatic rings. The van der Waals surface area contributed by atoms with Gasteiger partial charge >= 0.3 is 0 Å². The average molecular weight is 280 g/mol. The predicted molar refractivity (Wildman–Crippen MR) is 77.8 cm³/mol. The summed E-state index contributed by atoms with van der Waals surface area (Å²) in [6, 6.07) is 3.36. The first kappa shape index (κ1) is 16.4. The van der Waals surface area contributed by atoms with E-state index < -0.39 is 6.10 Å². The molecular formula is C15H24N2O3. The van der Waals surface area contributed by atoms with Crippen LogP contribution in [0.25, 0.3) is 0 Å². The molecule has 0 aliphatic carbocycles. The Labute approximate surface area is 120 Å². The summed E-state index contributed by atoms with van der Waals surface area (Å²) >= 11 is 0. The van der Waals surface area contributed by atoms with Crippen molar-refractivity contribution >= 4 is 5.91 Å². The topological polar surface area (TPSA) is 71.5 Å². The molecule has 0 aromatic carbocycles. The first-order valence-corrected chi connectivity index (χ1v) is 7.08. The van der Waals surface area contributed by atoms with E-state index in [1.807, 2.05) is 20.8 Å². The third-order valence-electron chi connectivity index (χ3n) is 2.69. The number of carbonyl (C=O) groups excluding carboxylic acids is 1. The number of aromatic nitrogens is 1. The van der Waals surface area contributed by atoms with Crippen LogP contribution in [-0.4, -0.2) is 35.3 Å². The maximum Gasteiger partial charge on any atom is 0.256 e. The Bertz CT molecular complexity index is 421. The van der Waals surface area contributed by atoms with Gasteiger partial charge in [-0.25, -0.2) is 4.98 Å². The fourth-order valence-corrected chi connectivity index (χ4v) is 1.67. The number of carbonyl (C=O) groups is 1. The lowest BCUT2D eigenvalue weighted by atomic mass is 10.2. The summed E-state index contributed by atoms with van der Waals surface area (Å²) in [5, 5.41) is 12.3. The molecule has 0 saturated carbocycles. The van der Waals surface area contributed by atoms with Crippen LogP contribution < -0.4 is 10.1 Å². The summed E-state index contributed by atoms with van der Waals surface area (Å²) in [6.45, 7) is 6.80. The van der Waals surface area contributed by atoms with Gasteiger partial charge in [0, 0.05) is 12.7 Å². The van der Waals surface area contributed by atoms with E-state index in [1.165, 1.54) is 0 Å². The number of amides is 1. The summed E-state index contributed by atoms with van der Waals surface area (Å²) in [6.07, 6.45) is 2.63. The van der Waals surface area contributed by atoms with Gasteiger partial charge in [0.2, 0.25) is 5.88 Å². The number of ether oxygens (including phenoxy) is 1. The lowest BCUT2D eigenvalue weighted by Crippen LogP contribution is -2.32. The van der Waals surface area contributed by atoms with Crippen molar-refractivity contribution in [1.82, 2.24) is 10.3 Å². The van der Waals surface area contributed by atoms with Crippen LogP contribution >= 0.6 is 0 Å². The van der Waals surface area contributed by atoms with Crippen LogP contribution in [0.4, 0.5) is 0 Å². The molecule has 0 radical (unpaired) electrons. The van der Waals surface area contributed by atoms with Gasteiger partial charge in [0.15, 0.2) is 0 Å². The zero-order chi connectivity index (χ0) is 15.0. The monoisotopic (exact) mass is 280 g/mol. The van der Waals surface area contributed by atoms with Gasteiger partial charge in [-0.3, -0.25) is 4.79 Å². The fourth-order valence-electron chi connectivity index (χ4n) is 1.67. The zero-order valence-corrected chi connectivity index (χ0v) is 12.4. The van der Waals surface area contributed by atoms with Gasteiger partial charge in [-0.2, -0.15) is 0 Å². The molecule has 20 heavy (non-hydrogen) atoms. The van der Waals surface area contributed by atoms with Gasteiger partial charge in [-0.15, -0.1) is 0 Å². The lowest BCUT2D eigenvalue weighted by Gasteiger charge is -2.13. The number of hydrogen-bond donors (Lipinski definition) is 2. The molecule has 0 spiro atoms. The number of aliphatic hydroxyl groups is 1. The van der Waals surface area contributed by atoms with Crippen LogP contribution in [0.1, 0.15) is 44.0 Å². The molecule has 0 fully saturated rings. The van der Waals surface area contributed by atoms with Gasteiger partial charge in [0.05, 0.1) is 12.7 Å². The predicted octanol–water partition coefficient (Wildman–Crippen LogP) is 2.01. The number of pyridine rings is 1. The van der Waals surface area contributed by atoms with E-state index in [0.29, 0.717) is 30.4 Å². The van der Waals surface area contributed by atoms with E-state index in [9.17, 15) is 9.90 Å². The average Bonchev–Trinajstić information content (AvgIpc) is 2.43. The number of nitrogens with one attached hydrogen (secondary N) is 1. The van der Waals surface area contributed by atoms with Crippen molar-refractivity contribution in [2.45, 2.75) is 39.7 Å². The van der Waals surface area contributed by atoms with Crippen LogP contribution in [0.2, 0.25) is 0 Å². The van der Waals surface area contributed by atoms with Crippen molar-refractivity contribution in [2.75, 3.05) is 13.2 Å². The second kappa shape index (κ2) is 8.53. The van der Waals surface area contributed by atoms with Gasteiger partial charge in [0.1, 0.15) is 5.56 Å². The summed E-state index contributed by atoms with van der Waals surface area (Å²) in [7, 11) is 0.